The zero-order valence-electron chi connectivity index (χ0n) is 21.9. The smallest absolute Gasteiger partial charge is 0.236 e. The lowest BCUT2D eigenvalue weighted by Crippen LogP contribution is -2.02. The van der Waals surface area contributed by atoms with Crippen LogP contribution in [0.3, 0.4) is 0 Å². The number of benzene rings is 5. The SMILES string of the molecule is c1ccc(-n2cnc3nc(-n4c5ccccc5c5cc6c7ccccc7n(-c7ccccc7)c6cc54)ncc32)cc1. The van der Waals surface area contributed by atoms with E-state index in [1.807, 2.05) is 35.3 Å². The van der Waals surface area contributed by atoms with E-state index in [0.29, 0.717) is 11.6 Å². The maximum Gasteiger partial charge on any atom is 0.236 e. The van der Waals surface area contributed by atoms with Crippen molar-refractivity contribution in [3.8, 4) is 17.3 Å². The third-order valence-electron chi connectivity index (χ3n) is 8.01. The minimum atomic E-state index is 0.601. The number of imidazole rings is 1. The summed E-state index contributed by atoms with van der Waals surface area (Å²) in [5.74, 6) is 0.601. The maximum absolute atomic E-state index is 4.98. The second kappa shape index (κ2) is 8.37. The van der Waals surface area contributed by atoms with E-state index in [0.717, 1.165) is 33.4 Å². The highest BCUT2D eigenvalue weighted by Crippen LogP contribution is 2.39. The molecule has 6 heteroatoms. The van der Waals surface area contributed by atoms with Gasteiger partial charge in [-0.15, -0.1) is 0 Å². The van der Waals surface area contributed by atoms with Crippen LogP contribution in [-0.2, 0) is 0 Å². The number of para-hydroxylation sites is 4. The predicted octanol–water partition coefficient (Wildman–Crippen LogP) is 8.01. The van der Waals surface area contributed by atoms with Crippen molar-refractivity contribution < 1.29 is 0 Å². The van der Waals surface area contributed by atoms with E-state index in [4.69, 9.17) is 9.97 Å². The molecule has 192 valence electrons. The second-order valence-corrected chi connectivity index (χ2v) is 10.3. The van der Waals surface area contributed by atoms with Gasteiger partial charge in [-0.3, -0.25) is 9.13 Å². The summed E-state index contributed by atoms with van der Waals surface area (Å²) in [5.41, 5.74) is 8.12. The molecule has 0 atom stereocenters. The average Bonchev–Trinajstić information content (AvgIpc) is 3.70. The van der Waals surface area contributed by atoms with Gasteiger partial charge < -0.3 is 4.57 Å². The van der Waals surface area contributed by atoms with E-state index in [2.05, 4.69) is 117 Å². The molecule has 4 aromatic heterocycles. The number of rotatable bonds is 3. The maximum atomic E-state index is 4.98. The second-order valence-electron chi connectivity index (χ2n) is 10.3. The fraction of sp³-hybridized carbons (Fsp3) is 0. The van der Waals surface area contributed by atoms with E-state index in [1.165, 1.54) is 27.1 Å². The van der Waals surface area contributed by atoms with E-state index < -0.39 is 0 Å². The molecule has 0 spiro atoms. The lowest BCUT2D eigenvalue weighted by molar-refractivity contribution is 1.00. The highest BCUT2D eigenvalue weighted by atomic mass is 15.2. The molecule has 9 rings (SSSR count). The summed E-state index contributed by atoms with van der Waals surface area (Å²) in [6.45, 7) is 0. The van der Waals surface area contributed by atoms with Gasteiger partial charge in [0.05, 0.1) is 28.3 Å². The minimum absolute atomic E-state index is 0.601. The first-order valence-corrected chi connectivity index (χ1v) is 13.6. The Kier molecular flexibility index (Phi) is 4.51. The summed E-state index contributed by atoms with van der Waals surface area (Å²) in [4.78, 5) is 14.5. The molecule has 6 nitrogen and oxygen atoms in total. The van der Waals surface area contributed by atoms with Gasteiger partial charge in [0.2, 0.25) is 5.95 Å². The molecule has 5 aromatic carbocycles. The number of nitrogens with zero attached hydrogens (tertiary/aromatic N) is 6. The molecule has 0 aliphatic carbocycles. The van der Waals surface area contributed by atoms with Gasteiger partial charge in [-0.25, -0.2) is 9.97 Å². The molecule has 9 aromatic rings. The van der Waals surface area contributed by atoms with Gasteiger partial charge >= 0.3 is 0 Å². The quantitative estimate of drug-likeness (QED) is 0.234. The van der Waals surface area contributed by atoms with Gasteiger partial charge in [0.25, 0.3) is 0 Å². The molecule has 0 aliphatic rings. The average molecular weight is 527 g/mol. The Morgan fingerprint density at radius 1 is 0.439 bits per heavy atom. The van der Waals surface area contributed by atoms with Gasteiger partial charge in [0, 0.05) is 32.9 Å². The van der Waals surface area contributed by atoms with E-state index in [9.17, 15) is 0 Å². The third-order valence-corrected chi connectivity index (χ3v) is 8.01. The van der Waals surface area contributed by atoms with Gasteiger partial charge in [0.1, 0.15) is 11.8 Å². The molecular weight excluding hydrogens is 504 g/mol. The number of hydrogen-bond donors (Lipinski definition) is 0. The predicted molar refractivity (Wildman–Crippen MR) is 165 cm³/mol. The first-order valence-electron chi connectivity index (χ1n) is 13.6. The topological polar surface area (TPSA) is 53.5 Å². The fourth-order valence-corrected chi connectivity index (χ4v) is 6.20. The largest absolute Gasteiger partial charge is 0.309 e. The zero-order chi connectivity index (χ0) is 26.9. The summed E-state index contributed by atoms with van der Waals surface area (Å²) < 4.78 is 6.53. The van der Waals surface area contributed by atoms with Crippen LogP contribution in [0.5, 0.6) is 0 Å². The van der Waals surface area contributed by atoms with Crippen molar-refractivity contribution in [1.29, 1.82) is 0 Å². The van der Waals surface area contributed by atoms with E-state index >= 15 is 0 Å². The van der Waals surface area contributed by atoms with Crippen molar-refractivity contribution in [3.05, 3.63) is 134 Å². The Labute approximate surface area is 234 Å². The van der Waals surface area contributed by atoms with Crippen molar-refractivity contribution in [2.24, 2.45) is 0 Å². The first kappa shape index (κ1) is 22.1. The van der Waals surface area contributed by atoms with Crippen molar-refractivity contribution in [1.82, 2.24) is 28.7 Å². The monoisotopic (exact) mass is 526 g/mol. The molecular formula is C35H22N6. The van der Waals surface area contributed by atoms with Gasteiger partial charge in [-0.1, -0.05) is 72.8 Å². The molecule has 0 aliphatic heterocycles. The molecule has 0 saturated carbocycles. The Bertz CT molecular complexity index is 2410. The molecule has 0 bridgehead atoms. The van der Waals surface area contributed by atoms with Crippen LogP contribution in [0.1, 0.15) is 0 Å². The summed E-state index contributed by atoms with van der Waals surface area (Å²) in [6, 6.07) is 42.4. The van der Waals surface area contributed by atoms with E-state index in [1.54, 1.807) is 0 Å². The molecule has 0 saturated heterocycles. The molecule has 0 N–H and O–H groups in total. The van der Waals surface area contributed by atoms with Crippen LogP contribution in [0.25, 0.3) is 72.1 Å². The minimum Gasteiger partial charge on any atom is -0.309 e. The van der Waals surface area contributed by atoms with Crippen molar-refractivity contribution in [2.45, 2.75) is 0 Å². The summed E-state index contributed by atoms with van der Waals surface area (Å²) in [7, 11) is 0. The van der Waals surface area contributed by atoms with Gasteiger partial charge in [-0.2, -0.15) is 4.98 Å². The standard InChI is InChI=1S/C35H22N6/c1-3-11-23(12-4-1)39-22-37-34-33(39)21-36-35(38-34)41-30-18-10-8-16-26(30)28-19-27-25-15-7-9-17-29(25)40(31(27)20-32(28)41)24-13-5-2-6-14-24/h1-22H. The van der Waals surface area contributed by atoms with Crippen molar-refractivity contribution in [3.63, 3.8) is 0 Å². The third kappa shape index (κ3) is 3.16. The normalized spacial score (nSPS) is 11.9. The van der Waals surface area contributed by atoms with Crippen LogP contribution in [0.15, 0.2) is 134 Å². The van der Waals surface area contributed by atoms with Crippen LogP contribution >= 0.6 is 0 Å². The van der Waals surface area contributed by atoms with Crippen LogP contribution in [0, 0.1) is 0 Å². The highest BCUT2D eigenvalue weighted by Gasteiger charge is 2.20. The molecule has 0 unspecified atom stereocenters. The van der Waals surface area contributed by atoms with Crippen LogP contribution in [0.4, 0.5) is 0 Å². The zero-order valence-corrected chi connectivity index (χ0v) is 21.9. The van der Waals surface area contributed by atoms with Crippen LogP contribution in [0.2, 0.25) is 0 Å². The lowest BCUT2D eigenvalue weighted by Gasteiger charge is -2.09. The summed E-state index contributed by atoms with van der Waals surface area (Å²) in [6.07, 6.45) is 3.68. The molecule has 0 radical (unpaired) electrons. The van der Waals surface area contributed by atoms with Crippen molar-refractivity contribution >= 4 is 54.8 Å². The number of fused-ring (bicyclic) bond motifs is 7. The van der Waals surface area contributed by atoms with Crippen molar-refractivity contribution in [2.75, 3.05) is 0 Å². The highest BCUT2D eigenvalue weighted by molar-refractivity contribution is 6.19. The molecule has 0 fully saturated rings. The Balaban J connectivity index is 1.36. The molecule has 41 heavy (non-hydrogen) atoms. The fourth-order valence-electron chi connectivity index (χ4n) is 6.20. The Morgan fingerprint density at radius 2 is 1.02 bits per heavy atom. The number of aromatic nitrogens is 6. The van der Waals surface area contributed by atoms with E-state index in [-0.39, 0.29) is 0 Å². The first-order chi connectivity index (χ1) is 20.3. The molecule has 4 heterocycles. The van der Waals surface area contributed by atoms with Gasteiger partial charge in [0.15, 0.2) is 5.65 Å². The van der Waals surface area contributed by atoms with Crippen LogP contribution < -0.4 is 0 Å². The molecule has 0 amide bonds. The van der Waals surface area contributed by atoms with Gasteiger partial charge in [-0.05, 0) is 48.5 Å². The lowest BCUT2D eigenvalue weighted by atomic mass is 10.1. The van der Waals surface area contributed by atoms with Crippen LogP contribution in [-0.4, -0.2) is 28.7 Å². The summed E-state index contributed by atoms with van der Waals surface area (Å²) in [5, 5.41) is 4.79. The summed E-state index contributed by atoms with van der Waals surface area (Å²) >= 11 is 0. The Hall–Kier alpha value is -5.75. The Morgan fingerprint density at radius 3 is 1.73 bits per heavy atom. The number of hydrogen-bond acceptors (Lipinski definition) is 3.